The number of nitrogens with one attached hydrogen (secondary N) is 1. The van der Waals surface area contributed by atoms with E-state index in [4.69, 9.17) is 11.6 Å². The summed E-state index contributed by atoms with van der Waals surface area (Å²) in [6.07, 6.45) is 1.08. The van der Waals surface area contributed by atoms with Crippen molar-refractivity contribution in [3.8, 4) is 0 Å². The Morgan fingerprint density at radius 3 is 2.56 bits per heavy atom. The van der Waals surface area contributed by atoms with Crippen LogP contribution in [0.4, 0.5) is 5.69 Å². The molecule has 0 aliphatic carbocycles. The molecule has 10 heteroatoms. The SMILES string of the molecule is CS(=O)(=O)c1nc2ccc(NS(=O)(=O)Cc3cccc(Cl)c3)cc2s1. The molecule has 0 spiro atoms. The molecule has 132 valence electrons. The zero-order chi connectivity index (χ0) is 18.2. The first-order valence-corrected chi connectivity index (χ1v) is 11.7. The third kappa shape index (κ3) is 4.49. The summed E-state index contributed by atoms with van der Waals surface area (Å²) in [6.45, 7) is 0. The molecule has 3 rings (SSSR count). The third-order valence-electron chi connectivity index (χ3n) is 3.21. The Kier molecular flexibility index (Phi) is 4.76. The number of sulfone groups is 1. The Morgan fingerprint density at radius 2 is 1.88 bits per heavy atom. The zero-order valence-corrected chi connectivity index (χ0v) is 16.1. The van der Waals surface area contributed by atoms with Crippen LogP contribution in [-0.2, 0) is 25.6 Å². The first-order chi connectivity index (χ1) is 11.6. The molecule has 1 aromatic heterocycles. The van der Waals surface area contributed by atoms with Gasteiger partial charge in [0.2, 0.25) is 24.2 Å². The fraction of sp³-hybridized carbons (Fsp3) is 0.133. The maximum Gasteiger partial charge on any atom is 0.236 e. The number of rotatable bonds is 5. The van der Waals surface area contributed by atoms with Crippen LogP contribution in [-0.4, -0.2) is 28.1 Å². The molecule has 25 heavy (non-hydrogen) atoms. The molecular weight excluding hydrogens is 404 g/mol. The topological polar surface area (TPSA) is 93.2 Å². The number of hydrogen-bond acceptors (Lipinski definition) is 6. The van der Waals surface area contributed by atoms with Crippen molar-refractivity contribution in [1.29, 1.82) is 0 Å². The van der Waals surface area contributed by atoms with Gasteiger partial charge in [-0.1, -0.05) is 23.7 Å². The minimum absolute atomic E-state index is 0.00133. The minimum Gasteiger partial charge on any atom is -0.283 e. The minimum atomic E-state index is -3.64. The molecule has 0 amide bonds. The fourth-order valence-corrected chi connectivity index (χ4v) is 5.45. The number of hydrogen-bond donors (Lipinski definition) is 1. The van der Waals surface area contributed by atoms with Crippen LogP contribution in [0.2, 0.25) is 5.02 Å². The summed E-state index contributed by atoms with van der Waals surface area (Å²) in [4.78, 5) is 4.04. The molecular formula is C15H13ClN2O4S3. The van der Waals surface area contributed by atoms with E-state index in [0.29, 0.717) is 26.5 Å². The lowest BCUT2D eigenvalue weighted by atomic mass is 10.2. The number of benzene rings is 2. The van der Waals surface area contributed by atoms with Gasteiger partial charge in [0.1, 0.15) is 0 Å². The predicted molar refractivity (Wildman–Crippen MR) is 100 cm³/mol. The highest BCUT2D eigenvalue weighted by Crippen LogP contribution is 2.28. The molecule has 2 aromatic carbocycles. The third-order valence-corrected chi connectivity index (χ3v) is 7.40. The van der Waals surface area contributed by atoms with Gasteiger partial charge in [-0.25, -0.2) is 21.8 Å². The molecule has 0 atom stereocenters. The number of thiazole rings is 1. The van der Waals surface area contributed by atoms with E-state index < -0.39 is 19.9 Å². The van der Waals surface area contributed by atoms with Crippen molar-refractivity contribution in [3.63, 3.8) is 0 Å². The van der Waals surface area contributed by atoms with Crippen LogP contribution < -0.4 is 4.72 Å². The van der Waals surface area contributed by atoms with Crippen LogP contribution in [0.25, 0.3) is 10.2 Å². The number of fused-ring (bicyclic) bond motifs is 1. The Bertz CT molecular complexity index is 1150. The molecule has 0 saturated carbocycles. The highest BCUT2D eigenvalue weighted by molar-refractivity contribution is 7.92. The summed E-state index contributed by atoms with van der Waals surface area (Å²) < 4.78 is 50.9. The molecule has 0 saturated heterocycles. The van der Waals surface area contributed by atoms with E-state index >= 15 is 0 Å². The lowest BCUT2D eigenvalue weighted by Crippen LogP contribution is -2.14. The molecule has 1 heterocycles. The summed E-state index contributed by atoms with van der Waals surface area (Å²) in [7, 11) is -7.04. The highest BCUT2D eigenvalue weighted by Gasteiger charge is 2.16. The van der Waals surface area contributed by atoms with Gasteiger partial charge in [0.25, 0.3) is 0 Å². The van der Waals surface area contributed by atoms with Crippen molar-refractivity contribution in [3.05, 3.63) is 53.1 Å². The average molecular weight is 417 g/mol. The van der Waals surface area contributed by atoms with Crippen molar-refractivity contribution in [2.24, 2.45) is 0 Å². The molecule has 0 bridgehead atoms. The molecule has 6 nitrogen and oxygen atoms in total. The molecule has 0 fully saturated rings. The normalized spacial score (nSPS) is 12.4. The Morgan fingerprint density at radius 1 is 1.12 bits per heavy atom. The van der Waals surface area contributed by atoms with Crippen LogP contribution in [0.1, 0.15) is 5.56 Å². The second-order valence-electron chi connectivity index (χ2n) is 5.43. The van der Waals surface area contributed by atoms with Crippen LogP contribution in [0.15, 0.2) is 46.8 Å². The van der Waals surface area contributed by atoms with E-state index in [2.05, 4.69) is 9.71 Å². The molecule has 0 aliphatic rings. The van der Waals surface area contributed by atoms with Crippen LogP contribution in [0.3, 0.4) is 0 Å². The summed E-state index contributed by atoms with van der Waals surface area (Å²) >= 11 is 6.87. The van der Waals surface area contributed by atoms with Gasteiger partial charge < -0.3 is 0 Å². The largest absolute Gasteiger partial charge is 0.283 e. The number of halogens is 1. The van der Waals surface area contributed by atoms with E-state index in [9.17, 15) is 16.8 Å². The molecule has 3 aromatic rings. The molecule has 0 radical (unpaired) electrons. The van der Waals surface area contributed by atoms with E-state index in [0.717, 1.165) is 17.6 Å². The van der Waals surface area contributed by atoms with E-state index in [1.165, 1.54) is 0 Å². The van der Waals surface area contributed by atoms with Crippen LogP contribution in [0.5, 0.6) is 0 Å². The van der Waals surface area contributed by atoms with E-state index in [1.54, 1.807) is 42.5 Å². The maximum atomic E-state index is 12.3. The predicted octanol–water partition coefficient (Wildman–Crippen LogP) is 3.30. The second kappa shape index (κ2) is 6.56. The van der Waals surface area contributed by atoms with Gasteiger partial charge in [-0.05, 0) is 35.9 Å². The molecule has 0 aliphatic heterocycles. The summed E-state index contributed by atoms with van der Waals surface area (Å²) in [5.74, 6) is -0.219. The van der Waals surface area contributed by atoms with Crippen molar-refractivity contribution in [2.45, 2.75) is 10.1 Å². The quantitative estimate of drug-likeness (QED) is 0.688. The van der Waals surface area contributed by atoms with Gasteiger partial charge in [-0.15, -0.1) is 11.3 Å². The smallest absolute Gasteiger partial charge is 0.236 e. The van der Waals surface area contributed by atoms with E-state index in [-0.39, 0.29) is 10.1 Å². The van der Waals surface area contributed by atoms with Gasteiger partial charge in [0, 0.05) is 11.3 Å². The lowest BCUT2D eigenvalue weighted by molar-refractivity contribution is 0.599. The monoisotopic (exact) mass is 416 g/mol. The van der Waals surface area contributed by atoms with Gasteiger partial charge in [0.15, 0.2) is 0 Å². The first-order valence-electron chi connectivity index (χ1n) is 6.98. The Hall–Kier alpha value is -1.68. The number of sulfonamides is 1. The Labute approximate surface area is 154 Å². The van der Waals surface area contributed by atoms with Crippen LogP contribution in [0, 0.1) is 0 Å². The van der Waals surface area contributed by atoms with Crippen LogP contribution >= 0.6 is 22.9 Å². The number of aromatic nitrogens is 1. The van der Waals surface area contributed by atoms with Crippen molar-refractivity contribution in [1.82, 2.24) is 4.98 Å². The second-order valence-corrected chi connectivity index (χ2v) is 10.8. The highest BCUT2D eigenvalue weighted by atomic mass is 35.5. The van der Waals surface area contributed by atoms with Gasteiger partial charge >= 0.3 is 0 Å². The van der Waals surface area contributed by atoms with Gasteiger partial charge in [0.05, 0.1) is 21.7 Å². The maximum absolute atomic E-state index is 12.3. The van der Waals surface area contributed by atoms with Crippen molar-refractivity contribution >= 4 is 58.7 Å². The van der Waals surface area contributed by atoms with Crippen molar-refractivity contribution < 1.29 is 16.8 Å². The molecule has 0 unspecified atom stereocenters. The van der Waals surface area contributed by atoms with Crippen molar-refractivity contribution in [2.75, 3.05) is 11.0 Å². The summed E-state index contributed by atoms with van der Waals surface area (Å²) in [6, 6.07) is 11.3. The Balaban J connectivity index is 1.86. The van der Waals surface area contributed by atoms with Gasteiger partial charge in [-0.2, -0.15) is 0 Å². The zero-order valence-electron chi connectivity index (χ0n) is 12.9. The summed E-state index contributed by atoms with van der Waals surface area (Å²) in [5, 5.41) is 0.465. The standard InChI is InChI=1S/C15H13ClN2O4S3/c1-24(19,20)15-17-13-6-5-12(8-14(13)23-15)18-25(21,22)9-10-3-2-4-11(16)7-10/h2-8,18H,9H2,1H3. The fourth-order valence-electron chi connectivity index (χ4n) is 2.19. The van der Waals surface area contributed by atoms with E-state index in [1.807, 2.05) is 0 Å². The number of anilines is 1. The molecule has 1 N–H and O–H groups in total. The lowest BCUT2D eigenvalue weighted by Gasteiger charge is -2.08. The number of nitrogens with zero attached hydrogens (tertiary/aromatic N) is 1. The van der Waals surface area contributed by atoms with Gasteiger partial charge in [-0.3, -0.25) is 4.72 Å². The summed E-state index contributed by atoms with van der Waals surface area (Å²) in [5.41, 5.74) is 1.42. The first kappa shape index (κ1) is 18.1. The average Bonchev–Trinajstić information content (AvgIpc) is 2.89.